The van der Waals surface area contributed by atoms with Crippen molar-refractivity contribution in [2.24, 2.45) is 5.41 Å². The van der Waals surface area contributed by atoms with E-state index in [-0.39, 0.29) is 0 Å². The molecule has 1 aliphatic rings. The van der Waals surface area contributed by atoms with E-state index in [9.17, 15) is 0 Å². The zero-order valence-corrected chi connectivity index (χ0v) is 9.21. The molecule has 1 aliphatic heterocycles. The summed E-state index contributed by atoms with van der Waals surface area (Å²) in [6, 6.07) is 4.57. The van der Waals surface area contributed by atoms with Gasteiger partial charge in [0.05, 0.1) is 0 Å². The van der Waals surface area contributed by atoms with Crippen LogP contribution in [0.2, 0.25) is 0 Å². The number of nitrogens with one attached hydrogen (secondary N) is 1. The van der Waals surface area contributed by atoms with Gasteiger partial charge in [0, 0.05) is 22.8 Å². The summed E-state index contributed by atoms with van der Waals surface area (Å²) in [5.74, 6) is 0. The van der Waals surface area contributed by atoms with Gasteiger partial charge >= 0.3 is 0 Å². The normalized spacial score (nSPS) is 19.8. The number of hydrogen-bond acceptors (Lipinski definition) is 2. The maximum Gasteiger partial charge on any atom is 0.00545 e. The molecule has 0 radical (unpaired) electrons. The SMILES string of the molecule is CCc1ccc(CC2(C)CNC2)s1. The highest BCUT2D eigenvalue weighted by molar-refractivity contribution is 7.11. The lowest BCUT2D eigenvalue weighted by atomic mass is 9.80. The fraction of sp³-hybridized carbons (Fsp3) is 0.636. The van der Waals surface area contributed by atoms with Gasteiger partial charge in [-0.1, -0.05) is 13.8 Å². The van der Waals surface area contributed by atoms with E-state index in [1.54, 1.807) is 4.88 Å². The molecule has 2 heterocycles. The van der Waals surface area contributed by atoms with E-state index >= 15 is 0 Å². The van der Waals surface area contributed by atoms with Crippen LogP contribution >= 0.6 is 11.3 Å². The topological polar surface area (TPSA) is 12.0 Å². The van der Waals surface area contributed by atoms with Gasteiger partial charge in [-0.2, -0.15) is 0 Å². The Morgan fingerprint density at radius 2 is 2.08 bits per heavy atom. The van der Waals surface area contributed by atoms with Crippen LogP contribution in [0.1, 0.15) is 23.6 Å². The molecule has 1 nitrogen and oxygen atoms in total. The average molecular weight is 195 g/mol. The van der Waals surface area contributed by atoms with Gasteiger partial charge in [-0.05, 0) is 30.4 Å². The first-order valence-electron chi connectivity index (χ1n) is 5.00. The van der Waals surface area contributed by atoms with Crippen molar-refractivity contribution >= 4 is 11.3 Å². The van der Waals surface area contributed by atoms with E-state index in [0.29, 0.717) is 5.41 Å². The number of thiophene rings is 1. The summed E-state index contributed by atoms with van der Waals surface area (Å²) in [5.41, 5.74) is 0.538. The molecule has 0 amide bonds. The second kappa shape index (κ2) is 3.43. The van der Waals surface area contributed by atoms with E-state index in [1.807, 2.05) is 11.3 Å². The fourth-order valence-electron chi connectivity index (χ4n) is 1.80. The maximum absolute atomic E-state index is 3.35. The van der Waals surface area contributed by atoms with Crippen LogP contribution < -0.4 is 5.32 Å². The van der Waals surface area contributed by atoms with Gasteiger partial charge in [-0.15, -0.1) is 11.3 Å². The molecule has 2 rings (SSSR count). The third-order valence-electron chi connectivity index (χ3n) is 2.77. The van der Waals surface area contributed by atoms with Crippen molar-refractivity contribution in [3.05, 3.63) is 21.9 Å². The highest BCUT2D eigenvalue weighted by atomic mass is 32.1. The van der Waals surface area contributed by atoms with Crippen molar-refractivity contribution in [3.63, 3.8) is 0 Å². The van der Waals surface area contributed by atoms with Crippen molar-refractivity contribution in [2.45, 2.75) is 26.7 Å². The summed E-state index contributed by atoms with van der Waals surface area (Å²) in [7, 11) is 0. The standard InChI is InChI=1S/C11H17NS/c1-3-9-4-5-10(13-9)6-11(2)7-12-8-11/h4-5,12H,3,6-8H2,1-2H3. The van der Waals surface area contributed by atoms with Gasteiger partial charge in [0.2, 0.25) is 0 Å². The molecule has 1 N–H and O–H groups in total. The molecule has 0 atom stereocenters. The molecule has 0 bridgehead atoms. The van der Waals surface area contributed by atoms with E-state index in [2.05, 4.69) is 31.3 Å². The van der Waals surface area contributed by atoms with Crippen LogP contribution in [0.3, 0.4) is 0 Å². The highest BCUT2D eigenvalue weighted by Crippen LogP contribution is 2.30. The largest absolute Gasteiger partial charge is 0.316 e. The maximum atomic E-state index is 3.35. The first-order valence-corrected chi connectivity index (χ1v) is 5.82. The molecule has 1 saturated heterocycles. The lowest BCUT2D eigenvalue weighted by molar-refractivity contribution is 0.197. The van der Waals surface area contributed by atoms with Crippen LogP contribution in [-0.4, -0.2) is 13.1 Å². The Labute approximate surface area is 84.2 Å². The molecule has 1 aromatic heterocycles. The van der Waals surface area contributed by atoms with Gasteiger partial charge in [0.15, 0.2) is 0 Å². The molecule has 72 valence electrons. The van der Waals surface area contributed by atoms with Crippen molar-refractivity contribution in [1.29, 1.82) is 0 Å². The lowest BCUT2D eigenvalue weighted by Gasteiger charge is -2.39. The summed E-state index contributed by atoms with van der Waals surface area (Å²) < 4.78 is 0. The Bertz CT molecular complexity index is 286. The van der Waals surface area contributed by atoms with Crippen LogP contribution in [0.25, 0.3) is 0 Å². The summed E-state index contributed by atoms with van der Waals surface area (Å²) in [6.45, 7) is 6.97. The van der Waals surface area contributed by atoms with Crippen LogP contribution in [0.15, 0.2) is 12.1 Å². The first kappa shape index (κ1) is 9.22. The number of hydrogen-bond donors (Lipinski definition) is 1. The Morgan fingerprint density at radius 3 is 2.54 bits per heavy atom. The lowest BCUT2D eigenvalue weighted by Crippen LogP contribution is -2.52. The summed E-state index contributed by atoms with van der Waals surface area (Å²) in [6.07, 6.45) is 2.43. The molecule has 0 unspecified atom stereocenters. The van der Waals surface area contributed by atoms with Gasteiger partial charge in [0.25, 0.3) is 0 Å². The quantitative estimate of drug-likeness (QED) is 0.781. The minimum Gasteiger partial charge on any atom is -0.316 e. The number of aryl methyl sites for hydroxylation is 1. The van der Waals surface area contributed by atoms with Crippen LogP contribution in [-0.2, 0) is 12.8 Å². The van der Waals surface area contributed by atoms with Crippen molar-refractivity contribution in [2.75, 3.05) is 13.1 Å². The monoisotopic (exact) mass is 195 g/mol. The Morgan fingerprint density at radius 1 is 1.38 bits per heavy atom. The van der Waals surface area contributed by atoms with Crippen LogP contribution in [0, 0.1) is 5.41 Å². The molecule has 13 heavy (non-hydrogen) atoms. The van der Waals surface area contributed by atoms with Crippen LogP contribution in [0.4, 0.5) is 0 Å². The van der Waals surface area contributed by atoms with Gasteiger partial charge in [0.1, 0.15) is 0 Å². The molecule has 2 heteroatoms. The van der Waals surface area contributed by atoms with E-state index < -0.39 is 0 Å². The average Bonchev–Trinajstić information content (AvgIpc) is 2.49. The minimum absolute atomic E-state index is 0.538. The minimum atomic E-state index is 0.538. The molecule has 0 spiro atoms. The predicted molar refractivity (Wildman–Crippen MR) is 58.4 cm³/mol. The molecule has 0 aliphatic carbocycles. The van der Waals surface area contributed by atoms with Gasteiger partial charge in [-0.25, -0.2) is 0 Å². The van der Waals surface area contributed by atoms with E-state index in [4.69, 9.17) is 0 Å². The van der Waals surface area contributed by atoms with Crippen molar-refractivity contribution in [3.8, 4) is 0 Å². The molecular formula is C11H17NS. The van der Waals surface area contributed by atoms with Gasteiger partial charge < -0.3 is 5.32 Å². The second-order valence-electron chi connectivity index (χ2n) is 4.31. The van der Waals surface area contributed by atoms with Gasteiger partial charge in [-0.3, -0.25) is 0 Å². The zero-order chi connectivity index (χ0) is 9.31. The fourth-order valence-corrected chi connectivity index (χ4v) is 2.98. The third kappa shape index (κ3) is 1.94. The van der Waals surface area contributed by atoms with E-state index in [0.717, 1.165) is 0 Å². The Balaban J connectivity index is 2.01. The number of rotatable bonds is 3. The molecule has 0 saturated carbocycles. The Kier molecular flexibility index (Phi) is 2.43. The predicted octanol–water partition coefficient (Wildman–Crippen LogP) is 2.46. The highest BCUT2D eigenvalue weighted by Gasteiger charge is 2.31. The molecule has 0 aromatic carbocycles. The van der Waals surface area contributed by atoms with Crippen molar-refractivity contribution < 1.29 is 0 Å². The summed E-state index contributed by atoms with van der Waals surface area (Å²) in [5, 5.41) is 3.35. The zero-order valence-electron chi connectivity index (χ0n) is 8.39. The molecular weight excluding hydrogens is 178 g/mol. The molecule has 1 fully saturated rings. The summed E-state index contributed by atoms with van der Waals surface area (Å²) in [4.78, 5) is 3.08. The first-order chi connectivity index (χ1) is 6.22. The van der Waals surface area contributed by atoms with Crippen molar-refractivity contribution in [1.82, 2.24) is 5.32 Å². The molecule has 1 aromatic rings. The smallest absolute Gasteiger partial charge is 0.00545 e. The van der Waals surface area contributed by atoms with E-state index in [1.165, 1.54) is 30.8 Å². The summed E-state index contributed by atoms with van der Waals surface area (Å²) >= 11 is 1.98. The van der Waals surface area contributed by atoms with Crippen LogP contribution in [0.5, 0.6) is 0 Å². The third-order valence-corrected chi connectivity index (χ3v) is 4.00. The second-order valence-corrected chi connectivity index (χ2v) is 5.57. The Hall–Kier alpha value is -0.340.